The van der Waals surface area contributed by atoms with Crippen LogP contribution in [0.1, 0.15) is 22.3 Å². The van der Waals surface area contributed by atoms with E-state index in [0.717, 1.165) is 16.8 Å². The van der Waals surface area contributed by atoms with Gasteiger partial charge in [0.25, 0.3) is 0 Å². The van der Waals surface area contributed by atoms with E-state index in [-0.39, 0.29) is 11.8 Å². The van der Waals surface area contributed by atoms with Gasteiger partial charge in [0.05, 0.1) is 6.54 Å². The minimum absolute atomic E-state index is 0.0146. The van der Waals surface area contributed by atoms with Crippen LogP contribution in [0.3, 0.4) is 0 Å². The molecule has 0 atom stereocenters. The summed E-state index contributed by atoms with van der Waals surface area (Å²) in [6, 6.07) is 14.2. The van der Waals surface area contributed by atoms with Crippen molar-refractivity contribution in [3.8, 4) is 0 Å². The monoisotopic (exact) mass is 301 g/mol. The van der Waals surface area contributed by atoms with Crippen LogP contribution >= 0.6 is 11.6 Å². The van der Waals surface area contributed by atoms with Crippen molar-refractivity contribution in [2.45, 2.75) is 27.3 Å². The fraction of sp³-hybridized carbons (Fsp3) is 0.278. The number of aryl methyl sites for hydroxylation is 2. The molecule has 2 nitrogen and oxygen atoms in total. The van der Waals surface area contributed by atoms with Crippen LogP contribution < -0.4 is 4.90 Å². The van der Waals surface area contributed by atoms with Crippen molar-refractivity contribution in [1.29, 1.82) is 0 Å². The highest BCUT2D eigenvalue weighted by atomic mass is 35.5. The molecule has 0 saturated carbocycles. The van der Waals surface area contributed by atoms with Crippen LogP contribution in [0, 0.1) is 20.8 Å². The number of alkyl halides is 1. The molecule has 2 aromatic carbocycles. The van der Waals surface area contributed by atoms with Crippen LogP contribution in [0.15, 0.2) is 42.5 Å². The lowest BCUT2D eigenvalue weighted by Crippen LogP contribution is -2.32. The van der Waals surface area contributed by atoms with Gasteiger partial charge >= 0.3 is 0 Å². The number of carbonyl (C=O) groups is 1. The highest BCUT2D eigenvalue weighted by molar-refractivity contribution is 6.29. The van der Waals surface area contributed by atoms with E-state index in [0.29, 0.717) is 6.54 Å². The zero-order valence-corrected chi connectivity index (χ0v) is 13.4. The molecule has 0 aliphatic rings. The maximum Gasteiger partial charge on any atom is 0.242 e. The van der Waals surface area contributed by atoms with E-state index in [1.165, 1.54) is 11.1 Å². The van der Waals surface area contributed by atoms with Gasteiger partial charge in [-0.15, -0.1) is 11.6 Å². The predicted molar refractivity (Wildman–Crippen MR) is 89.0 cm³/mol. The average molecular weight is 302 g/mol. The van der Waals surface area contributed by atoms with Gasteiger partial charge in [-0.05, 0) is 43.5 Å². The van der Waals surface area contributed by atoms with E-state index < -0.39 is 0 Å². The number of amides is 1. The molecule has 110 valence electrons. The minimum Gasteiger partial charge on any atom is -0.307 e. The quantitative estimate of drug-likeness (QED) is 0.767. The van der Waals surface area contributed by atoms with Crippen molar-refractivity contribution in [2.75, 3.05) is 10.8 Å². The maximum absolute atomic E-state index is 12.2. The van der Waals surface area contributed by atoms with Crippen molar-refractivity contribution in [1.82, 2.24) is 0 Å². The Kier molecular flexibility index (Phi) is 5.03. The van der Waals surface area contributed by atoms with E-state index in [4.69, 9.17) is 11.6 Å². The van der Waals surface area contributed by atoms with Crippen LogP contribution in [-0.4, -0.2) is 11.8 Å². The lowest BCUT2D eigenvalue weighted by molar-refractivity contribution is -0.116. The van der Waals surface area contributed by atoms with Gasteiger partial charge < -0.3 is 4.90 Å². The second-order valence-corrected chi connectivity index (χ2v) is 5.59. The summed E-state index contributed by atoms with van der Waals surface area (Å²) in [7, 11) is 0. The first-order valence-electron chi connectivity index (χ1n) is 7.01. The molecule has 0 aliphatic heterocycles. The van der Waals surface area contributed by atoms with Crippen LogP contribution in [0.2, 0.25) is 0 Å². The average Bonchev–Trinajstić information content (AvgIpc) is 2.49. The first-order valence-corrected chi connectivity index (χ1v) is 7.54. The van der Waals surface area contributed by atoms with Gasteiger partial charge in [0, 0.05) is 5.69 Å². The zero-order chi connectivity index (χ0) is 15.4. The Morgan fingerprint density at radius 2 is 1.71 bits per heavy atom. The lowest BCUT2D eigenvalue weighted by Gasteiger charge is -2.25. The Hall–Kier alpha value is -1.80. The van der Waals surface area contributed by atoms with Crippen molar-refractivity contribution < 1.29 is 4.79 Å². The first-order chi connectivity index (χ1) is 10.0. The largest absolute Gasteiger partial charge is 0.307 e. The summed E-state index contributed by atoms with van der Waals surface area (Å²) in [5.41, 5.74) is 5.52. The number of halogens is 1. The summed E-state index contributed by atoms with van der Waals surface area (Å²) in [4.78, 5) is 14.0. The van der Waals surface area contributed by atoms with Crippen LogP contribution in [0.5, 0.6) is 0 Å². The highest BCUT2D eigenvalue weighted by Crippen LogP contribution is 2.25. The van der Waals surface area contributed by atoms with Crippen molar-refractivity contribution in [3.05, 3.63) is 64.7 Å². The summed E-state index contributed by atoms with van der Waals surface area (Å²) in [6.45, 7) is 6.68. The molecule has 0 N–H and O–H groups in total. The third kappa shape index (κ3) is 3.64. The number of benzene rings is 2. The van der Waals surface area contributed by atoms with Crippen LogP contribution in [-0.2, 0) is 11.3 Å². The normalized spacial score (nSPS) is 10.5. The Morgan fingerprint density at radius 1 is 1.05 bits per heavy atom. The molecule has 1 amide bonds. The van der Waals surface area contributed by atoms with Gasteiger partial charge in [0.15, 0.2) is 0 Å². The molecule has 0 aliphatic carbocycles. The molecule has 3 heteroatoms. The first kappa shape index (κ1) is 15.6. The predicted octanol–water partition coefficient (Wildman–Crippen LogP) is 4.38. The fourth-order valence-corrected chi connectivity index (χ4v) is 2.43. The summed E-state index contributed by atoms with van der Waals surface area (Å²) >= 11 is 5.79. The molecule has 0 unspecified atom stereocenters. The van der Waals surface area contributed by atoms with Gasteiger partial charge in [-0.25, -0.2) is 0 Å². The summed E-state index contributed by atoms with van der Waals surface area (Å²) < 4.78 is 0. The van der Waals surface area contributed by atoms with E-state index >= 15 is 0 Å². The smallest absolute Gasteiger partial charge is 0.242 e. The SMILES string of the molecule is Cc1ccc(CN(C(=O)CCl)c2cccc(C)c2C)cc1. The second kappa shape index (κ2) is 6.77. The molecule has 0 radical (unpaired) electrons. The Morgan fingerprint density at radius 3 is 2.33 bits per heavy atom. The van der Waals surface area contributed by atoms with E-state index in [1.807, 2.05) is 32.0 Å². The molecule has 0 bridgehead atoms. The van der Waals surface area contributed by atoms with E-state index in [9.17, 15) is 4.79 Å². The van der Waals surface area contributed by atoms with Crippen molar-refractivity contribution in [3.63, 3.8) is 0 Å². The van der Waals surface area contributed by atoms with Gasteiger partial charge in [-0.1, -0.05) is 42.0 Å². The Labute approximate surface area is 131 Å². The third-order valence-corrected chi connectivity index (χ3v) is 3.97. The molecular weight excluding hydrogens is 282 g/mol. The molecule has 0 fully saturated rings. The highest BCUT2D eigenvalue weighted by Gasteiger charge is 2.17. The van der Waals surface area contributed by atoms with E-state index in [1.54, 1.807) is 4.90 Å². The van der Waals surface area contributed by atoms with E-state index in [2.05, 4.69) is 31.2 Å². The van der Waals surface area contributed by atoms with Crippen LogP contribution in [0.4, 0.5) is 5.69 Å². The van der Waals surface area contributed by atoms with Gasteiger partial charge in [-0.3, -0.25) is 4.79 Å². The number of rotatable bonds is 4. The Bertz CT molecular complexity index is 634. The second-order valence-electron chi connectivity index (χ2n) is 5.32. The zero-order valence-electron chi connectivity index (χ0n) is 12.7. The van der Waals surface area contributed by atoms with Gasteiger partial charge in [0.2, 0.25) is 5.91 Å². The number of nitrogens with zero attached hydrogens (tertiary/aromatic N) is 1. The van der Waals surface area contributed by atoms with Crippen molar-refractivity contribution >= 4 is 23.2 Å². The maximum atomic E-state index is 12.2. The Balaban J connectivity index is 2.37. The third-order valence-electron chi connectivity index (χ3n) is 3.74. The molecule has 2 aromatic rings. The molecule has 0 heterocycles. The number of hydrogen-bond acceptors (Lipinski definition) is 1. The lowest BCUT2D eigenvalue weighted by atomic mass is 10.1. The number of anilines is 1. The molecule has 2 rings (SSSR count). The standard InChI is InChI=1S/C18H20ClNO/c1-13-7-9-16(10-8-13)12-20(18(21)11-19)17-6-4-5-14(2)15(17)3/h4-10H,11-12H2,1-3H3. The molecule has 21 heavy (non-hydrogen) atoms. The van der Waals surface area contributed by atoms with Gasteiger partial charge in [0.1, 0.15) is 5.88 Å². The molecule has 0 aromatic heterocycles. The minimum atomic E-state index is -0.0778. The number of hydrogen-bond donors (Lipinski definition) is 0. The van der Waals surface area contributed by atoms with Crippen LogP contribution in [0.25, 0.3) is 0 Å². The van der Waals surface area contributed by atoms with Gasteiger partial charge in [-0.2, -0.15) is 0 Å². The topological polar surface area (TPSA) is 20.3 Å². The molecule has 0 spiro atoms. The fourth-order valence-electron chi connectivity index (χ4n) is 2.28. The summed E-state index contributed by atoms with van der Waals surface area (Å²) in [5, 5.41) is 0. The molecular formula is C18H20ClNO. The number of carbonyl (C=O) groups excluding carboxylic acids is 1. The summed E-state index contributed by atoms with van der Waals surface area (Å²) in [6.07, 6.45) is 0. The summed E-state index contributed by atoms with van der Waals surface area (Å²) in [5.74, 6) is -0.0925. The van der Waals surface area contributed by atoms with Crippen molar-refractivity contribution in [2.24, 2.45) is 0 Å². The molecule has 0 saturated heterocycles.